The Bertz CT molecular complexity index is 636. The van der Waals surface area contributed by atoms with Gasteiger partial charge < -0.3 is 5.32 Å². The molecule has 0 amide bonds. The molecule has 0 aliphatic carbocycles. The summed E-state index contributed by atoms with van der Waals surface area (Å²) in [5.41, 5.74) is 4.19. The van der Waals surface area contributed by atoms with E-state index in [-0.39, 0.29) is 16.7 Å². The van der Waals surface area contributed by atoms with Gasteiger partial charge in [0.25, 0.3) is 5.69 Å². The van der Waals surface area contributed by atoms with Gasteiger partial charge in [-0.05, 0) is 38.0 Å². The predicted molar refractivity (Wildman–Crippen MR) is 85.7 cm³/mol. The quantitative estimate of drug-likeness (QED) is 0.635. The van der Waals surface area contributed by atoms with E-state index >= 15 is 0 Å². The summed E-state index contributed by atoms with van der Waals surface area (Å²) in [6.45, 7) is 5.95. The minimum absolute atomic E-state index is 0.156. The minimum atomic E-state index is -0.351. The molecule has 2 aromatic carbocycles. The van der Waals surface area contributed by atoms with Gasteiger partial charge in [0.05, 0.1) is 11.0 Å². The lowest BCUT2D eigenvalue weighted by Gasteiger charge is -2.19. The van der Waals surface area contributed by atoms with Crippen molar-refractivity contribution in [1.29, 1.82) is 0 Å². The van der Waals surface area contributed by atoms with E-state index in [0.717, 1.165) is 12.1 Å². The first-order valence-electron chi connectivity index (χ1n) is 7.09. The normalized spacial score (nSPS) is 12.0. The second-order valence-electron chi connectivity index (χ2n) is 5.27. The summed E-state index contributed by atoms with van der Waals surface area (Å²) in [5.74, 6) is 0. The molecule has 4 heteroatoms. The Balaban J connectivity index is 2.20. The minimum Gasteiger partial charge on any atom is -0.378 e. The van der Waals surface area contributed by atoms with Crippen LogP contribution in [0.4, 0.5) is 11.4 Å². The zero-order valence-corrected chi connectivity index (χ0v) is 12.6. The fraction of sp³-hybridized carbons (Fsp3) is 0.294. The van der Waals surface area contributed by atoms with Crippen LogP contribution in [0.25, 0.3) is 0 Å². The van der Waals surface area contributed by atoms with E-state index in [1.165, 1.54) is 11.1 Å². The molecule has 21 heavy (non-hydrogen) atoms. The molecule has 0 spiro atoms. The summed E-state index contributed by atoms with van der Waals surface area (Å²) in [6.07, 6.45) is 0.944. The van der Waals surface area contributed by atoms with Crippen molar-refractivity contribution in [3.8, 4) is 0 Å². The average molecular weight is 284 g/mol. The molecule has 0 aliphatic rings. The average Bonchev–Trinajstić information content (AvgIpc) is 2.45. The van der Waals surface area contributed by atoms with Crippen LogP contribution in [0, 0.1) is 24.0 Å². The standard InChI is InChI=1S/C17H20N2O2/c1-4-16(14-7-5-12(2)6-8-14)18-15-9-10-17(19(20)21)13(3)11-15/h5-11,16,18H,4H2,1-3H3. The highest BCUT2D eigenvalue weighted by atomic mass is 16.6. The SMILES string of the molecule is CCC(Nc1ccc([N+](=O)[O-])c(C)c1)c1ccc(C)cc1. The summed E-state index contributed by atoms with van der Waals surface area (Å²) in [5, 5.41) is 14.3. The molecule has 0 bridgehead atoms. The first kappa shape index (κ1) is 15.0. The molecule has 110 valence electrons. The number of anilines is 1. The predicted octanol–water partition coefficient (Wildman–Crippen LogP) is 4.77. The van der Waals surface area contributed by atoms with E-state index in [9.17, 15) is 10.1 Å². The summed E-state index contributed by atoms with van der Waals surface area (Å²) < 4.78 is 0. The number of nitrogens with zero attached hydrogens (tertiary/aromatic N) is 1. The van der Waals surface area contributed by atoms with Gasteiger partial charge in [-0.3, -0.25) is 10.1 Å². The molecule has 0 saturated heterocycles. The fourth-order valence-electron chi connectivity index (χ4n) is 2.37. The Kier molecular flexibility index (Phi) is 4.58. The third-order valence-corrected chi connectivity index (χ3v) is 3.62. The smallest absolute Gasteiger partial charge is 0.272 e. The van der Waals surface area contributed by atoms with Crippen LogP contribution in [0.5, 0.6) is 0 Å². The topological polar surface area (TPSA) is 55.2 Å². The molecule has 1 N–H and O–H groups in total. The molecule has 2 aromatic rings. The van der Waals surface area contributed by atoms with Gasteiger partial charge in [-0.2, -0.15) is 0 Å². The monoisotopic (exact) mass is 284 g/mol. The summed E-state index contributed by atoms with van der Waals surface area (Å²) in [4.78, 5) is 10.5. The third-order valence-electron chi connectivity index (χ3n) is 3.62. The van der Waals surface area contributed by atoms with Crippen molar-refractivity contribution in [3.05, 3.63) is 69.3 Å². The Morgan fingerprint density at radius 1 is 1.14 bits per heavy atom. The van der Waals surface area contributed by atoms with Gasteiger partial charge in [-0.25, -0.2) is 0 Å². The van der Waals surface area contributed by atoms with Crippen LogP contribution in [0.15, 0.2) is 42.5 Å². The van der Waals surface area contributed by atoms with Gasteiger partial charge in [0.1, 0.15) is 0 Å². The molecule has 0 fully saturated rings. The number of nitrogens with one attached hydrogen (secondary N) is 1. The van der Waals surface area contributed by atoms with Crippen LogP contribution in [0.2, 0.25) is 0 Å². The van der Waals surface area contributed by atoms with Crippen LogP contribution in [0.1, 0.15) is 36.1 Å². The fourth-order valence-corrected chi connectivity index (χ4v) is 2.37. The van der Waals surface area contributed by atoms with E-state index in [4.69, 9.17) is 0 Å². The van der Waals surface area contributed by atoms with Crippen LogP contribution < -0.4 is 5.32 Å². The molecule has 1 unspecified atom stereocenters. The highest BCUT2D eigenvalue weighted by Gasteiger charge is 2.13. The summed E-state index contributed by atoms with van der Waals surface area (Å²) in [7, 11) is 0. The van der Waals surface area contributed by atoms with Crippen LogP contribution >= 0.6 is 0 Å². The maximum absolute atomic E-state index is 10.8. The molecule has 0 heterocycles. The van der Waals surface area contributed by atoms with Crippen molar-refractivity contribution in [2.24, 2.45) is 0 Å². The van der Waals surface area contributed by atoms with Crippen LogP contribution in [-0.2, 0) is 0 Å². The maximum atomic E-state index is 10.8. The first-order valence-corrected chi connectivity index (χ1v) is 7.09. The molecule has 0 saturated carbocycles. The Hall–Kier alpha value is -2.36. The van der Waals surface area contributed by atoms with E-state index in [1.54, 1.807) is 19.1 Å². The lowest BCUT2D eigenvalue weighted by atomic mass is 10.0. The Morgan fingerprint density at radius 2 is 1.81 bits per heavy atom. The van der Waals surface area contributed by atoms with Crippen molar-refractivity contribution in [2.45, 2.75) is 33.2 Å². The van der Waals surface area contributed by atoms with Gasteiger partial charge in [0.2, 0.25) is 0 Å². The maximum Gasteiger partial charge on any atom is 0.272 e. The van der Waals surface area contributed by atoms with E-state index < -0.39 is 0 Å². The zero-order valence-electron chi connectivity index (χ0n) is 12.6. The van der Waals surface area contributed by atoms with Crippen molar-refractivity contribution < 1.29 is 4.92 Å². The number of nitro benzene ring substituents is 1. The summed E-state index contributed by atoms with van der Waals surface area (Å²) >= 11 is 0. The highest BCUT2D eigenvalue weighted by Crippen LogP contribution is 2.26. The molecule has 4 nitrogen and oxygen atoms in total. The molecule has 0 aromatic heterocycles. The van der Waals surface area contributed by atoms with E-state index in [0.29, 0.717) is 5.56 Å². The second-order valence-corrected chi connectivity index (χ2v) is 5.27. The molecular formula is C17H20N2O2. The van der Waals surface area contributed by atoms with Gasteiger partial charge in [-0.15, -0.1) is 0 Å². The van der Waals surface area contributed by atoms with Crippen molar-refractivity contribution in [1.82, 2.24) is 0 Å². The zero-order chi connectivity index (χ0) is 15.4. The molecule has 1 atom stereocenters. The van der Waals surface area contributed by atoms with Crippen molar-refractivity contribution in [3.63, 3.8) is 0 Å². The molecule has 0 radical (unpaired) electrons. The van der Waals surface area contributed by atoms with Crippen LogP contribution in [0.3, 0.4) is 0 Å². The lowest BCUT2D eigenvalue weighted by molar-refractivity contribution is -0.385. The van der Waals surface area contributed by atoms with Gasteiger partial charge >= 0.3 is 0 Å². The number of aryl methyl sites for hydroxylation is 2. The molecule has 0 aliphatic heterocycles. The number of hydrogen-bond donors (Lipinski definition) is 1. The van der Waals surface area contributed by atoms with Gasteiger partial charge in [-0.1, -0.05) is 36.8 Å². The number of benzene rings is 2. The van der Waals surface area contributed by atoms with E-state index in [2.05, 4.69) is 43.4 Å². The first-order chi connectivity index (χ1) is 10.0. The Labute approximate surface area is 125 Å². The Morgan fingerprint density at radius 3 is 2.33 bits per heavy atom. The number of rotatable bonds is 5. The largest absolute Gasteiger partial charge is 0.378 e. The van der Waals surface area contributed by atoms with Crippen molar-refractivity contribution in [2.75, 3.05) is 5.32 Å². The van der Waals surface area contributed by atoms with Gasteiger partial charge in [0.15, 0.2) is 0 Å². The molecule has 2 rings (SSSR count). The number of hydrogen-bond acceptors (Lipinski definition) is 3. The molecular weight excluding hydrogens is 264 g/mol. The second kappa shape index (κ2) is 6.39. The number of nitro groups is 1. The van der Waals surface area contributed by atoms with Gasteiger partial charge in [0, 0.05) is 17.3 Å². The lowest BCUT2D eigenvalue weighted by Crippen LogP contribution is -2.10. The van der Waals surface area contributed by atoms with E-state index in [1.807, 2.05) is 6.07 Å². The van der Waals surface area contributed by atoms with Crippen molar-refractivity contribution >= 4 is 11.4 Å². The highest BCUT2D eigenvalue weighted by molar-refractivity contribution is 5.54. The van der Waals surface area contributed by atoms with Crippen LogP contribution in [-0.4, -0.2) is 4.92 Å². The summed E-state index contributed by atoms with van der Waals surface area (Å²) in [6, 6.07) is 13.8. The third kappa shape index (κ3) is 3.60.